The summed E-state index contributed by atoms with van der Waals surface area (Å²) in [6.07, 6.45) is 0. The van der Waals surface area contributed by atoms with Gasteiger partial charge in [0, 0.05) is 10.7 Å². The van der Waals surface area contributed by atoms with Gasteiger partial charge in [0.15, 0.2) is 0 Å². The van der Waals surface area contributed by atoms with Crippen molar-refractivity contribution >= 4 is 23.6 Å². The first-order valence-corrected chi connectivity index (χ1v) is 5.83. The molecule has 0 aromatic rings. The fourth-order valence-corrected chi connectivity index (χ4v) is 3.51. The number of azide groups is 1. The molecule has 1 amide bonds. The summed E-state index contributed by atoms with van der Waals surface area (Å²) in [5, 5.41) is 12.1. The van der Waals surface area contributed by atoms with Crippen LogP contribution in [0.2, 0.25) is 0 Å². The number of carboxylic acid groups (broad SMARTS) is 1. The number of carboxylic acids is 1. The third kappa shape index (κ3) is 1.42. The summed E-state index contributed by atoms with van der Waals surface area (Å²) in [6, 6.07) is -1.52. The molecule has 2 fully saturated rings. The largest absolute Gasteiger partial charge is 0.480 e. The summed E-state index contributed by atoms with van der Waals surface area (Å²) in [4.78, 5) is 26.6. The summed E-state index contributed by atoms with van der Waals surface area (Å²) in [5.41, 5.74) is 8.30. The summed E-state index contributed by atoms with van der Waals surface area (Å²) in [5.74, 6) is -0.808. The molecule has 4 unspecified atom stereocenters. The Morgan fingerprint density at radius 2 is 2.44 bits per heavy atom. The van der Waals surface area contributed by atoms with Crippen molar-refractivity contribution in [1.82, 2.24) is 4.90 Å². The van der Waals surface area contributed by atoms with E-state index in [-0.39, 0.29) is 17.2 Å². The van der Waals surface area contributed by atoms with Crippen molar-refractivity contribution in [2.24, 2.45) is 11.0 Å². The van der Waals surface area contributed by atoms with Crippen LogP contribution < -0.4 is 0 Å². The van der Waals surface area contributed by atoms with Crippen molar-refractivity contribution in [2.75, 3.05) is 5.75 Å². The molecule has 0 radical (unpaired) electrons. The van der Waals surface area contributed by atoms with Gasteiger partial charge in [0.2, 0.25) is 5.91 Å². The maximum atomic E-state index is 11.6. The minimum Gasteiger partial charge on any atom is -0.480 e. The predicted octanol–water partition coefficient (Wildman–Crippen LogP) is 0.670. The normalized spacial score (nSPS) is 37.1. The van der Waals surface area contributed by atoms with Gasteiger partial charge in [-0.15, -0.1) is 11.8 Å². The lowest BCUT2D eigenvalue weighted by atomic mass is 9.95. The van der Waals surface area contributed by atoms with Crippen molar-refractivity contribution < 1.29 is 14.7 Å². The zero-order chi connectivity index (χ0) is 11.9. The second-order valence-corrected chi connectivity index (χ2v) is 5.03. The van der Waals surface area contributed by atoms with Gasteiger partial charge in [0.1, 0.15) is 12.1 Å². The van der Waals surface area contributed by atoms with Crippen molar-refractivity contribution in [1.29, 1.82) is 0 Å². The number of hydrogen-bond donors (Lipinski definition) is 1. The standard InChI is InChI=1S/C8H10N4O3S/c1-3-2-16-7-4(10-11-9)6(13)12(7)5(3)8(14)15/h3-5,7H,2H2,1H3,(H,14,15). The molecule has 2 aliphatic rings. The van der Waals surface area contributed by atoms with Crippen LogP contribution in [0.4, 0.5) is 0 Å². The number of amides is 1. The second kappa shape index (κ2) is 3.88. The van der Waals surface area contributed by atoms with E-state index in [0.717, 1.165) is 0 Å². The molecular formula is C8H10N4O3S. The molecule has 0 aliphatic carbocycles. The first-order chi connectivity index (χ1) is 7.57. The van der Waals surface area contributed by atoms with Gasteiger partial charge in [-0.25, -0.2) is 4.79 Å². The summed E-state index contributed by atoms with van der Waals surface area (Å²) < 4.78 is 0. The molecule has 2 rings (SSSR count). The Morgan fingerprint density at radius 1 is 1.75 bits per heavy atom. The topological polar surface area (TPSA) is 106 Å². The number of carbonyl (C=O) groups excluding carboxylic acids is 1. The number of carbonyl (C=O) groups is 2. The predicted molar refractivity (Wildman–Crippen MR) is 56.6 cm³/mol. The lowest BCUT2D eigenvalue weighted by Gasteiger charge is -2.52. The molecule has 2 heterocycles. The number of rotatable bonds is 2. The lowest BCUT2D eigenvalue weighted by molar-refractivity contribution is -0.162. The fourth-order valence-electron chi connectivity index (χ4n) is 2.08. The van der Waals surface area contributed by atoms with Gasteiger partial charge >= 0.3 is 5.97 Å². The van der Waals surface area contributed by atoms with Crippen LogP contribution in [0, 0.1) is 5.92 Å². The Hall–Kier alpha value is -1.40. The van der Waals surface area contributed by atoms with Crippen LogP contribution in [-0.4, -0.2) is 45.1 Å². The molecule has 0 aromatic carbocycles. The SMILES string of the molecule is CC1CSC2C(N=[N+]=[N-])C(=O)N2C1C(=O)O. The Morgan fingerprint density at radius 3 is 3.00 bits per heavy atom. The van der Waals surface area contributed by atoms with Gasteiger partial charge in [-0.05, 0) is 11.4 Å². The first-order valence-electron chi connectivity index (χ1n) is 4.78. The van der Waals surface area contributed by atoms with Crippen LogP contribution >= 0.6 is 11.8 Å². The van der Waals surface area contributed by atoms with Gasteiger partial charge in [0.25, 0.3) is 0 Å². The highest BCUT2D eigenvalue weighted by Gasteiger charge is 2.56. The quantitative estimate of drug-likeness (QED) is 0.332. The van der Waals surface area contributed by atoms with E-state index in [0.29, 0.717) is 5.75 Å². The average Bonchev–Trinajstić information content (AvgIpc) is 2.25. The lowest BCUT2D eigenvalue weighted by Crippen LogP contribution is -2.70. The number of aliphatic carboxylic acids is 1. The van der Waals surface area contributed by atoms with E-state index in [2.05, 4.69) is 10.0 Å². The molecule has 0 bridgehead atoms. The smallest absolute Gasteiger partial charge is 0.326 e. The van der Waals surface area contributed by atoms with E-state index < -0.39 is 18.1 Å². The third-order valence-corrected chi connectivity index (χ3v) is 4.39. The van der Waals surface area contributed by atoms with Crippen LogP contribution in [0.25, 0.3) is 10.4 Å². The van der Waals surface area contributed by atoms with E-state index in [1.165, 1.54) is 16.7 Å². The van der Waals surface area contributed by atoms with Gasteiger partial charge in [-0.2, -0.15) is 0 Å². The molecule has 0 aromatic heterocycles. The maximum Gasteiger partial charge on any atom is 0.326 e. The van der Waals surface area contributed by atoms with Crippen LogP contribution in [0.5, 0.6) is 0 Å². The number of nitrogens with zero attached hydrogens (tertiary/aromatic N) is 4. The summed E-state index contributed by atoms with van der Waals surface area (Å²) in [6.45, 7) is 1.80. The van der Waals surface area contributed by atoms with Gasteiger partial charge in [0.05, 0.1) is 5.37 Å². The van der Waals surface area contributed by atoms with Crippen molar-refractivity contribution in [2.45, 2.75) is 24.4 Å². The average molecular weight is 242 g/mol. The van der Waals surface area contributed by atoms with Gasteiger partial charge < -0.3 is 10.0 Å². The Kier molecular flexibility index (Phi) is 2.69. The molecule has 86 valence electrons. The maximum absolute atomic E-state index is 11.6. The number of fused-ring (bicyclic) bond motifs is 1. The monoisotopic (exact) mass is 242 g/mol. The zero-order valence-corrected chi connectivity index (χ0v) is 9.29. The summed E-state index contributed by atoms with van der Waals surface area (Å²) in [7, 11) is 0. The van der Waals surface area contributed by atoms with E-state index in [9.17, 15) is 9.59 Å². The molecule has 0 saturated carbocycles. The number of thioether (sulfide) groups is 1. The summed E-state index contributed by atoms with van der Waals surface area (Å²) >= 11 is 1.47. The molecular weight excluding hydrogens is 232 g/mol. The highest BCUT2D eigenvalue weighted by atomic mass is 32.2. The van der Waals surface area contributed by atoms with Crippen molar-refractivity contribution in [3.05, 3.63) is 10.4 Å². The minimum absolute atomic E-state index is 0.0882. The Labute approximate surface area is 95.4 Å². The van der Waals surface area contributed by atoms with Crippen LogP contribution in [0.15, 0.2) is 5.11 Å². The van der Waals surface area contributed by atoms with Crippen molar-refractivity contribution in [3.8, 4) is 0 Å². The molecule has 0 spiro atoms. The molecule has 8 heteroatoms. The molecule has 4 atom stereocenters. The van der Waals surface area contributed by atoms with Gasteiger partial charge in [-0.1, -0.05) is 12.0 Å². The van der Waals surface area contributed by atoms with Crippen LogP contribution in [0.1, 0.15) is 6.92 Å². The van der Waals surface area contributed by atoms with E-state index in [1.807, 2.05) is 0 Å². The van der Waals surface area contributed by atoms with E-state index >= 15 is 0 Å². The fraction of sp³-hybridized carbons (Fsp3) is 0.750. The molecule has 2 aliphatic heterocycles. The Bertz CT molecular complexity index is 395. The number of β-lactam (4-membered cyclic amide) rings is 1. The van der Waals surface area contributed by atoms with Crippen LogP contribution in [0.3, 0.4) is 0 Å². The highest BCUT2D eigenvalue weighted by molar-refractivity contribution is 8.00. The zero-order valence-electron chi connectivity index (χ0n) is 8.48. The first kappa shape index (κ1) is 11.1. The van der Waals surface area contributed by atoms with Crippen LogP contribution in [-0.2, 0) is 9.59 Å². The number of hydrogen-bond acceptors (Lipinski definition) is 4. The van der Waals surface area contributed by atoms with E-state index in [4.69, 9.17) is 10.6 Å². The Balaban J connectivity index is 2.23. The highest BCUT2D eigenvalue weighted by Crippen LogP contribution is 2.41. The minimum atomic E-state index is -0.995. The second-order valence-electron chi connectivity index (χ2n) is 3.88. The van der Waals surface area contributed by atoms with E-state index in [1.54, 1.807) is 6.92 Å². The van der Waals surface area contributed by atoms with Crippen molar-refractivity contribution in [3.63, 3.8) is 0 Å². The molecule has 7 nitrogen and oxygen atoms in total. The molecule has 2 saturated heterocycles. The molecule has 1 N–H and O–H groups in total. The third-order valence-electron chi connectivity index (χ3n) is 2.85. The molecule has 16 heavy (non-hydrogen) atoms. The van der Waals surface area contributed by atoms with Gasteiger partial charge in [-0.3, -0.25) is 4.79 Å².